The van der Waals surface area contributed by atoms with Crippen LogP contribution in [-0.2, 0) is 9.53 Å². The number of esters is 1. The molecule has 1 aliphatic heterocycles. The Balaban J connectivity index is 2.29. The smallest absolute Gasteiger partial charge is 0.333 e. The quantitative estimate of drug-likeness (QED) is 0.859. The maximum atomic E-state index is 13.8. The van der Waals surface area contributed by atoms with Crippen LogP contribution in [0.15, 0.2) is 24.3 Å². The van der Waals surface area contributed by atoms with Crippen LogP contribution in [0.25, 0.3) is 0 Å². The van der Waals surface area contributed by atoms with Gasteiger partial charge in [-0.2, -0.15) is 0 Å². The third-order valence-electron chi connectivity index (χ3n) is 3.83. The number of hydrogen-bond donors (Lipinski definition) is 1. The summed E-state index contributed by atoms with van der Waals surface area (Å²) in [6.45, 7) is 4.64. The van der Waals surface area contributed by atoms with Crippen molar-refractivity contribution in [2.75, 3.05) is 25.5 Å². The second kappa shape index (κ2) is 5.79. The van der Waals surface area contributed by atoms with Crippen molar-refractivity contribution in [3.8, 4) is 0 Å². The number of nitrogens with zero attached hydrogens (tertiary/aromatic N) is 1. The Bertz CT molecular complexity index is 483. The molecule has 5 heteroatoms. The van der Waals surface area contributed by atoms with Crippen molar-refractivity contribution < 1.29 is 13.9 Å². The van der Waals surface area contributed by atoms with Gasteiger partial charge in [0.2, 0.25) is 0 Å². The lowest BCUT2D eigenvalue weighted by Crippen LogP contribution is -2.49. The molecule has 2 unspecified atom stereocenters. The van der Waals surface area contributed by atoms with E-state index in [4.69, 9.17) is 4.74 Å². The first-order valence-electron chi connectivity index (χ1n) is 6.88. The summed E-state index contributed by atoms with van der Waals surface area (Å²) < 4.78 is 19.0. The first-order chi connectivity index (χ1) is 9.48. The zero-order valence-corrected chi connectivity index (χ0v) is 12.1. The molecule has 1 N–H and O–H groups in total. The topological polar surface area (TPSA) is 41.6 Å². The average Bonchev–Trinajstić information content (AvgIpc) is 2.69. The van der Waals surface area contributed by atoms with E-state index >= 15 is 0 Å². The van der Waals surface area contributed by atoms with Crippen molar-refractivity contribution in [1.82, 2.24) is 4.90 Å². The Morgan fingerprint density at radius 3 is 2.80 bits per heavy atom. The zero-order valence-electron chi connectivity index (χ0n) is 12.1. The van der Waals surface area contributed by atoms with Gasteiger partial charge in [-0.15, -0.1) is 0 Å². The molecule has 0 saturated carbocycles. The first kappa shape index (κ1) is 14.8. The van der Waals surface area contributed by atoms with Crippen molar-refractivity contribution in [1.29, 1.82) is 0 Å². The third-order valence-corrected chi connectivity index (χ3v) is 3.83. The number of carbonyl (C=O) groups excluding carboxylic acids is 1. The van der Waals surface area contributed by atoms with Gasteiger partial charge < -0.3 is 15.0 Å². The molecule has 110 valence electrons. The number of hydrogen-bond acceptors (Lipinski definition) is 4. The number of carbonyl (C=O) groups is 1. The highest BCUT2D eigenvalue weighted by Crippen LogP contribution is 2.31. The molecule has 0 amide bonds. The minimum atomic E-state index is -0.883. The number of halogens is 1. The van der Waals surface area contributed by atoms with Crippen molar-refractivity contribution in [3.05, 3.63) is 30.1 Å². The molecule has 1 saturated heterocycles. The van der Waals surface area contributed by atoms with Gasteiger partial charge in [-0.1, -0.05) is 12.1 Å². The van der Waals surface area contributed by atoms with Gasteiger partial charge in [-0.3, -0.25) is 0 Å². The normalized spacial score (nSPS) is 26.5. The number of benzene rings is 1. The van der Waals surface area contributed by atoms with Gasteiger partial charge in [-0.05, 0) is 39.4 Å². The van der Waals surface area contributed by atoms with E-state index in [1.54, 1.807) is 25.1 Å². The monoisotopic (exact) mass is 280 g/mol. The highest BCUT2D eigenvalue weighted by Gasteiger charge is 2.48. The largest absolute Gasteiger partial charge is 0.464 e. The molecule has 1 fully saturated rings. The lowest BCUT2D eigenvalue weighted by Gasteiger charge is -2.29. The van der Waals surface area contributed by atoms with Gasteiger partial charge in [0.25, 0.3) is 0 Å². The Labute approximate surface area is 118 Å². The summed E-state index contributed by atoms with van der Waals surface area (Å²) in [6, 6.07) is 6.62. The molecule has 1 aliphatic rings. The van der Waals surface area contributed by atoms with Gasteiger partial charge in [0.1, 0.15) is 11.4 Å². The van der Waals surface area contributed by atoms with Crippen LogP contribution < -0.4 is 5.32 Å². The molecule has 1 aromatic rings. The Hall–Kier alpha value is -1.62. The minimum absolute atomic E-state index is 0.235. The number of likely N-dealkylation sites (tertiary alicyclic amines) is 1. The number of anilines is 1. The molecule has 2 rings (SSSR count). The molecule has 0 radical (unpaired) electrons. The fourth-order valence-corrected chi connectivity index (χ4v) is 2.69. The van der Waals surface area contributed by atoms with E-state index in [1.807, 2.05) is 14.0 Å². The summed E-state index contributed by atoms with van der Waals surface area (Å²) in [5.74, 6) is -0.683. The van der Waals surface area contributed by atoms with E-state index in [-0.39, 0.29) is 17.8 Å². The fraction of sp³-hybridized carbons (Fsp3) is 0.533. The number of likely N-dealkylation sites (N-methyl/N-ethyl adjacent to an activating group) is 1. The lowest BCUT2D eigenvalue weighted by atomic mass is 9.95. The van der Waals surface area contributed by atoms with Crippen LogP contribution in [0.2, 0.25) is 0 Å². The maximum Gasteiger partial charge on any atom is 0.333 e. The molecule has 0 bridgehead atoms. The summed E-state index contributed by atoms with van der Waals surface area (Å²) in [7, 11) is 1.95. The Kier molecular flexibility index (Phi) is 4.28. The van der Waals surface area contributed by atoms with E-state index in [1.165, 1.54) is 6.07 Å². The summed E-state index contributed by atoms with van der Waals surface area (Å²) in [5, 5.41) is 3.08. The van der Waals surface area contributed by atoms with Crippen molar-refractivity contribution in [2.45, 2.75) is 31.8 Å². The van der Waals surface area contributed by atoms with Crippen LogP contribution in [0.1, 0.15) is 20.3 Å². The molecule has 2 atom stereocenters. The van der Waals surface area contributed by atoms with Crippen molar-refractivity contribution >= 4 is 11.7 Å². The Morgan fingerprint density at radius 1 is 1.55 bits per heavy atom. The van der Waals surface area contributed by atoms with Gasteiger partial charge in [0, 0.05) is 12.6 Å². The Morgan fingerprint density at radius 2 is 2.25 bits per heavy atom. The van der Waals surface area contributed by atoms with Crippen LogP contribution in [-0.4, -0.2) is 42.6 Å². The lowest BCUT2D eigenvalue weighted by molar-refractivity contribution is -0.148. The van der Waals surface area contributed by atoms with Gasteiger partial charge >= 0.3 is 5.97 Å². The van der Waals surface area contributed by atoms with Crippen LogP contribution in [0.4, 0.5) is 10.1 Å². The highest BCUT2D eigenvalue weighted by molar-refractivity contribution is 5.85. The first-order valence-corrected chi connectivity index (χ1v) is 6.88. The van der Waals surface area contributed by atoms with Crippen LogP contribution in [0.5, 0.6) is 0 Å². The number of para-hydroxylation sites is 1. The van der Waals surface area contributed by atoms with Crippen LogP contribution in [0.3, 0.4) is 0 Å². The second-order valence-electron chi connectivity index (χ2n) is 5.38. The fourth-order valence-electron chi connectivity index (χ4n) is 2.69. The molecule has 0 aromatic heterocycles. The van der Waals surface area contributed by atoms with Gasteiger partial charge in [0.15, 0.2) is 0 Å². The molecular weight excluding hydrogens is 259 g/mol. The van der Waals surface area contributed by atoms with Crippen molar-refractivity contribution in [3.63, 3.8) is 0 Å². The zero-order chi connectivity index (χ0) is 14.8. The molecule has 0 spiro atoms. The summed E-state index contributed by atoms with van der Waals surface area (Å²) in [4.78, 5) is 14.4. The standard InChI is InChI=1S/C15H21FN2O2/c1-4-20-14(19)15(9-11(2)18(3)10-15)17-13-8-6-5-7-12(13)16/h5-8,11,17H,4,9-10H2,1-3H3. The van der Waals surface area contributed by atoms with Crippen LogP contribution >= 0.6 is 0 Å². The maximum absolute atomic E-state index is 13.8. The predicted octanol–water partition coefficient (Wildman–Crippen LogP) is 2.26. The third kappa shape index (κ3) is 2.77. The van der Waals surface area contributed by atoms with E-state index in [0.29, 0.717) is 25.3 Å². The van der Waals surface area contributed by atoms with Gasteiger partial charge in [0.05, 0.1) is 12.3 Å². The summed E-state index contributed by atoms with van der Waals surface area (Å²) >= 11 is 0. The number of rotatable bonds is 4. The summed E-state index contributed by atoms with van der Waals surface area (Å²) in [6.07, 6.45) is 0.594. The van der Waals surface area contributed by atoms with E-state index in [9.17, 15) is 9.18 Å². The highest BCUT2D eigenvalue weighted by atomic mass is 19.1. The molecular formula is C15H21FN2O2. The van der Waals surface area contributed by atoms with E-state index in [0.717, 1.165) is 0 Å². The predicted molar refractivity (Wildman–Crippen MR) is 76.1 cm³/mol. The molecule has 1 heterocycles. The number of ether oxygens (including phenoxy) is 1. The molecule has 1 aromatic carbocycles. The average molecular weight is 280 g/mol. The molecule has 4 nitrogen and oxygen atoms in total. The van der Waals surface area contributed by atoms with Crippen LogP contribution in [0, 0.1) is 5.82 Å². The summed E-state index contributed by atoms with van der Waals surface area (Å²) in [5.41, 5.74) is -0.546. The van der Waals surface area contributed by atoms with Crippen molar-refractivity contribution in [2.24, 2.45) is 0 Å². The molecule has 20 heavy (non-hydrogen) atoms. The number of nitrogens with one attached hydrogen (secondary N) is 1. The van der Waals surface area contributed by atoms with E-state index in [2.05, 4.69) is 10.2 Å². The molecule has 0 aliphatic carbocycles. The SMILES string of the molecule is CCOC(=O)C1(Nc2ccccc2F)CC(C)N(C)C1. The van der Waals surface area contributed by atoms with E-state index < -0.39 is 5.54 Å². The second-order valence-corrected chi connectivity index (χ2v) is 5.38. The van der Waals surface area contributed by atoms with Gasteiger partial charge in [-0.25, -0.2) is 9.18 Å². The minimum Gasteiger partial charge on any atom is -0.464 e.